The Morgan fingerprint density at radius 3 is 2.73 bits per heavy atom. The van der Waals surface area contributed by atoms with Gasteiger partial charge in [0.25, 0.3) is 12.5 Å². The van der Waals surface area contributed by atoms with E-state index in [2.05, 4.69) is 24.0 Å². The third kappa shape index (κ3) is 6.85. The van der Waals surface area contributed by atoms with E-state index in [1.54, 1.807) is 0 Å². The first-order valence-electron chi connectivity index (χ1n) is 3.76. The molecule has 11 heavy (non-hydrogen) atoms. The number of hydrogen-bond acceptors (Lipinski definition) is 1. The van der Waals surface area contributed by atoms with Gasteiger partial charge in [0.05, 0.1) is 0 Å². The van der Waals surface area contributed by atoms with E-state index in [0.29, 0.717) is 12.5 Å². The molecule has 0 aliphatic rings. The Labute approximate surface area is 67.6 Å². The SMILES string of the molecule is [C-]#[N+]CC(=O)NCCC(C)C. The largest absolute Gasteiger partial charge is 0.350 e. The standard InChI is InChI=1S/C8H14N2O/c1-7(2)4-5-10-8(11)6-9-3/h7H,4-6H2,1-2H3,(H,10,11). The van der Waals surface area contributed by atoms with E-state index in [1.807, 2.05) is 0 Å². The molecule has 3 heteroatoms. The third-order valence-corrected chi connectivity index (χ3v) is 1.27. The predicted molar refractivity (Wildman–Crippen MR) is 43.9 cm³/mol. The summed E-state index contributed by atoms with van der Waals surface area (Å²) in [6.07, 6.45) is 0.976. The maximum Gasteiger partial charge on any atom is 0.300 e. The van der Waals surface area contributed by atoms with Gasteiger partial charge >= 0.3 is 0 Å². The Kier molecular flexibility index (Phi) is 5.18. The molecule has 62 valence electrons. The highest BCUT2D eigenvalue weighted by molar-refractivity contribution is 5.79. The Morgan fingerprint density at radius 1 is 1.64 bits per heavy atom. The van der Waals surface area contributed by atoms with Crippen LogP contribution in [0.4, 0.5) is 0 Å². The van der Waals surface area contributed by atoms with Gasteiger partial charge in [-0.15, -0.1) is 0 Å². The molecule has 1 amide bonds. The van der Waals surface area contributed by atoms with Crippen molar-refractivity contribution in [3.8, 4) is 0 Å². The van der Waals surface area contributed by atoms with Gasteiger partial charge < -0.3 is 10.2 Å². The van der Waals surface area contributed by atoms with Crippen molar-refractivity contribution in [1.29, 1.82) is 0 Å². The van der Waals surface area contributed by atoms with Crippen LogP contribution in [0.25, 0.3) is 4.85 Å². The molecule has 0 saturated carbocycles. The summed E-state index contributed by atoms with van der Waals surface area (Å²) in [6.45, 7) is 11.3. The van der Waals surface area contributed by atoms with Crippen LogP contribution in [-0.4, -0.2) is 19.0 Å². The normalized spacial score (nSPS) is 9.27. The molecule has 1 N–H and O–H groups in total. The summed E-state index contributed by atoms with van der Waals surface area (Å²) >= 11 is 0. The zero-order valence-corrected chi connectivity index (χ0v) is 7.05. The van der Waals surface area contributed by atoms with Gasteiger partial charge in [-0.2, -0.15) is 0 Å². The number of carbonyl (C=O) groups is 1. The minimum atomic E-state index is -0.166. The van der Waals surface area contributed by atoms with E-state index in [-0.39, 0.29) is 12.5 Å². The van der Waals surface area contributed by atoms with Crippen LogP contribution in [0, 0.1) is 12.5 Å². The van der Waals surface area contributed by atoms with Gasteiger partial charge in [-0.3, -0.25) is 4.79 Å². The molecular formula is C8H14N2O. The highest BCUT2D eigenvalue weighted by Gasteiger charge is 2.01. The van der Waals surface area contributed by atoms with Gasteiger partial charge in [0.2, 0.25) is 0 Å². The molecule has 0 aliphatic heterocycles. The Balaban J connectivity index is 3.26. The number of nitrogens with zero attached hydrogens (tertiary/aromatic N) is 1. The van der Waals surface area contributed by atoms with Crippen molar-refractivity contribution < 1.29 is 4.79 Å². The van der Waals surface area contributed by atoms with E-state index in [0.717, 1.165) is 6.42 Å². The maximum atomic E-state index is 10.7. The highest BCUT2D eigenvalue weighted by Crippen LogP contribution is 1.95. The molecule has 0 unspecified atom stereocenters. The predicted octanol–water partition coefficient (Wildman–Crippen LogP) is 1.07. The minimum absolute atomic E-state index is 0.0436. The van der Waals surface area contributed by atoms with Gasteiger partial charge in [0, 0.05) is 6.54 Å². The summed E-state index contributed by atoms with van der Waals surface area (Å²) in [5.74, 6) is 0.434. The lowest BCUT2D eigenvalue weighted by atomic mass is 10.1. The second kappa shape index (κ2) is 5.72. The molecule has 0 aromatic heterocycles. The van der Waals surface area contributed by atoms with Gasteiger partial charge in [-0.1, -0.05) is 13.8 Å². The van der Waals surface area contributed by atoms with Crippen LogP contribution in [0.15, 0.2) is 0 Å². The van der Waals surface area contributed by atoms with Crippen molar-refractivity contribution in [2.75, 3.05) is 13.1 Å². The van der Waals surface area contributed by atoms with Crippen LogP contribution in [0.1, 0.15) is 20.3 Å². The van der Waals surface area contributed by atoms with Crippen molar-refractivity contribution >= 4 is 5.91 Å². The molecular weight excluding hydrogens is 140 g/mol. The molecule has 0 aliphatic carbocycles. The van der Waals surface area contributed by atoms with Crippen molar-refractivity contribution in [3.63, 3.8) is 0 Å². The summed E-state index contributed by atoms with van der Waals surface area (Å²) in [5.41, 5.74) is 0. The number of amides is 1. The summed E-state index contributed by atoms with van der Waals surface area (Å²) < 4.78 is 0. The lowest BCUT2D eigenvalue weighted by Gasteiger charge is -2.03. The Morgan fingerprint density at radius 2 is 2.27 bits per heavy atom. The van der Waals surface area contributed by atoms with Crippen molar-refractivity contribution in [3.05, 3.63) is 11.4 Å². The number of rotatable bonds is 4. The topological polar surface area (TPSA) is 33.5 Å². The molecule has 0 radical (unpaired) electrons. The average Bonchev–Trinajstić information content (AvgIpc) is 1.87. The molecule has 0 rings (SSSR count). The first-order chi connectivity index (χ1) is 5.16. The molecule has 0 spiro atoms. The first kappa shape index (κ1) is 9.96. The smallest absolute Gasteiger partial charge is 0.300 e. The van der Waals surface area contributed by atoms with Crippen molar-refractivity contribution in [2.45, 2.75) is 20.3 Å². The molecule has 0 aromatic carbocycles. The van der Waals surface area contributed by atoms with Gasteiger partial charge in [0.15, 0.2) is 0 Å². The fourth-order valence-corrected chi connectivity index (χ4v) is 0.628. The molecule has 0 heterocycles. The van der Waals surface area contributed by atoms with Crippen LogP contribution in [-0.2, 0) is 4.79 Å². The fourth-order valence-electron chi connectivity index (χ4n) is 0.628. The van der Waals surface area contributed by atoms with Crippen LogP contribution in [0.3, 0.4) is 0 Å². The van der Waals surface area contributed by atoms with Crippen LogP contribution in [0.2, 0.25) is 0 Å². The average molecular weight is 154 g/mol. The number of carbonyl (C=O) groups excluding carboxylic acids is 1. The number of hydrogen-bond donors (Lipinski definition) is 1. The molecule has 0 bridgehead atoms. The van der Waals surface area contributed by atoms with Crippen LogP contribution < -0.4 is 5.32 Å². The van der Waals surface area contributed by atoms with Gasteiger partial charge in [0.1, 0.15) is 0 Å². The second-order valence-electron chi connectivity index (χ2n) is 2.85. The summed E-state index contributed by atoms with van der Waals surface area (Å²) in [5, 5.41) is 2.66. The summed E-state index contributed by atoms with van der Waals surface area (Å²) in [6, 6.07) is 0. The fraction of sp³-hybridized carbons (Fsp3) is 0.750. The molecule has 0 saturated heterocycles. The van der Waals surface area contributed by atoms with E-state index in [1.165, 1.54) is 0 Å². The first-order valence-corrected chi connectivity index (χ1v) is 3.76. The summed E-state index contributed by atoms with van der Waals surface area (Å²) in [7, 11) is 0. The van der Waals surface area contributed by atoms with E-state index < -0.39 is 0 Å². The monoisotopic (exact) mass is 154 g/mol. The minimum Gasteiger partial charge on any atom is -0.350 e. The Hall–Kier alpha value is -1.04. The van der Waals surface area contributed by atoms with E-state index in [4.69, 9.17) is 6.57 Å². The van der Waals surface area contributed by atoms with Gasteiger partial charge in [-0.25, -0.2) is 6.57 Å². The number of nitrogens with one attached hydrogen (secondary N) is 1. The van der Waals surface area contributed by atoms with Crippen molar-refractivity contribution in [1.82, 2.24) is 5.32 Å². The zero-order valence-electron chi connectivity index (χ0n) is 7.05. The summed E-state index contributed by atoms with van der Waals surface area (Å²) in [4.78, 5) is 13.7. The molecule has 3 nitrogen and oxygen atoms in total. The Bertz CT molecular complexity index is 158. The van der Waals surface area contributed by atoms with Crippen LogP contribution in [0.5, 0.6) is 0 Å². The highest BCUT2D eigenvalue weighted by atomic mass is 16.1. The van der Waals surface area contributed by atoms with Crippen molar-refractivity contribution in [2.24, 2.45) is 5.92 Å². The molecule has 0 fully saturated rings. The quantitative estimate of drug-likeness (QED) is 0.604. The third-order valence-electron chi connectivity index (χ3n) is 1.27. The lowest BCUT2D eigenvalue weighted by molar-refractivity contribution is -0.119. The van der Waals surface area contributed by atoms with Crippen LogP contribution >= 0.6 is 0 Å². The lowest BCUT2D eigenvalue weighted by Crippen LogP contribution is -2.26. The maximum absolute atomic E-state index is 10.7. The zero-order chi connectivity index (χ0) is 8.69. The van der Waals surface area contributed by atoms with Gasteiger partial charge in [-0.05, 0) is 12.3 Å². The molecule has 0 atom stereocenters. The second-order valence-corrected chi connectivity index (χ2v) is 2.85. The molecule has 0 aromatic rings. The van der Waals surface area contributed by atoms with E-state index in [9.17, 15) is 4.79 Å². The van der Waals surface area contributed by atoms with E-state index >= 15 is 0 Å².